The van der Waals surface area contributed by atoms with Crippen molar-refractivity contribution in [2.45, 2.75) is 17.9 Å². The molecule has 0 bridgehead atoms. The van der Waals surface area contributed by atoms with Crippen LogP contribution in [-0.2, 0) is 10.0 Å². The molecule has 0 heterocycles. The third-order valence-corrected chi connectivity index (χ3v) is 5.37. The number of sulfonamides is 1. The first-order valence-electron chi connectivity index (χ1n) is 6.53. The van der Waals surface area contributed by atoms with Gasteiger partial charge in [0.1, 0.15) is 5.82 Å². The largest absolute Gasteiger partial charge is 0.269 e. The van der Waals surface area contributed by atoms with Gasteiger partial charge in [-0.05, 0) is 36.8 Å². The number of rotatable bonds is 5. The zero-order valence-corrected chi connectivity index (χ0v) is 14.5. The van der Waals surface area contributed by atoms with E-state index in [4.69, 9.17) is 23.2 Å². The summed E-state index contributed by atoms with van der Waals surface area (Å²) < 4.78 is 40.5. The van der Waals surface area contributed by atoms with Gasteiger partial charge in [-0.3, -0.25) is 10.1 Å². The van der Waals surface area contributed by atoms with Gasteiger partial charge in [0.2, 0.25) is 10.0 Å². The van der Waals surface area contributed by atoms with Gasteiger partial charge in [0.25, 0.3) is 5.69 Å². The van der Waals surface area contributed by atoms with Crippen LogP contribution in [0.3, 0.4) is 0 Å². The Kier molecular flexibility index (Phi) is 5.44. The van der Waals surface area contributed by atoms with Crippen molar-refractivity contribution in [3.8, 4) is 0 Å². The van der Waals surface area contributed by atoms with E-state index >= 15 is 0 Å². The molecule has 0 unspecified atom stereocenters. The van der Waals surface area contributed by atoms with Crippen molar-refractivity contribution in [3.05, 3.63) is 67.9 Å². The summed E-state index contributed by atoms with van der Waals surface area (Å²) in [4.78, 5) is 9.80. The van der Waals surface area contributed by atoms with Gasteiger partial charge in [0, 0.05) is 23.2 Å². The van der Waals surface area contributed by atoms with Crippen molar-refractivity contribution >= 4 is 38.9 Å². The van der Waals surface area contributed by atoms with Gasteiger partial charge in [0.15, 0.2) is 0 Å². The SMILES string of the molecule is C[C@H](NS(=O)(=O)c1ccc([N+](=O)[O-])cc1)c1cc(F)c(Cl)cc1Cl. The second-order valence-electron chi connectivity index (χ2n) is 4.88. The van der Waals surface area contributed by atoms with E-state index < -0.39 is 26.8 Å². The van der Waals surface area contributed by atoms with Crippen LogP contribution in [0.15, 0.2) is 41.3 Å². The Morgan fingerprint density at radius 3 is 2.29 bits per heavy atom. The lowest BCUT2D eigenvalue weighted by Gasteiger charge is -2.16. The molecule has 0 aliphatic rings. The zero-order valence-electron chi connectivity index (χ0n) is 12.2. The molecule has 0 aromatic heterocycles. The summed E-state index contributed by atoms with van der Waals surface area (Å²) in [6.07, 6.45) is 0. The topological polar surface area (TPSA) is 89.3 Å². The van der Waals surface area contributed by atoms with Crippen LogP contribution in [0, 0.1) is 15.9 Å². The smallest absolute Gasteiger partial charge is 0.258 e. The van der Waals surface area contributed by atoms with Crippen LogP contribution < -0.4 is 4.72 Å². The maximum atomic E-state index is 13.6. The quantitative estimate of drug-likeness (QED) is 0.471. The van der Waals surface area contributed by atoms with Crippen molar-refractivity contribution in [3.63, 3.8) is 0 Å². The van der Waals surface area contributed by atoms with Crippen molar-refractivity contribution in [2.75, 3.05) is 0 Å². The molecule has 128 valence electrons. The molecule has 6 nitrogen and oxygen atoms in total. The molecule has 0 aliphatic heterocycles. The van der Waals surface area contributed by atoms with Crippen molar-refractivity contribution in [1.82, 2.24) is 4.72 Å². The minimum absolute atomic E-state index is 0.111. The minimum atomic E-state index is -3.98. The lowest BCUT2D eigenvalue weighted by Crippen LogP contribution is -2.27. The van der Waals surface area contributed by atoms with Crippen LogP contribution >= 0.6 is 23.2 Å². The standard InChI is InChI=1S/C14H11Cl2FN2O4S/c1-8(11-6-14(17)13(16)7-12(11)15)18-24(22,23)10-4-2-9(3-5-10)19(20)21/h2-8,18H,1H3/t8-/m0/s1. The van der Waals surface area contributed by atoms with Crippen LogP contribution in [0.2, 0.25) is 10.0 Å². The highest BCUT2D eigenvalue weighted by Gasteiger charge is 2.21. The lowest BCUT2D eigenvalue weighted by molar-refractivity contribution is -0.384. The average Bonchev–Trinajstić information content (AvgIpc) is 2.50. The maximum Gasteiger partial charge on any atom is 0.269 e. The molecule has 0 fully saturated rings. The number of halogens is 3. The third-order valence-electron chi connectivity index (χ3n) is 3.20. The molecule has 0 radical (unpaired) electrons. The molecular formula is C14H11Cl2FN2O4S. The second kappa shape index (κ2) is 7.02. The molecule has 0 spiro atoms. The predicted molar refractivity (Wildman–Crippen MR) is 88.3 cm³/mol. The van der Waals surface area contributed by atoms with E-state index in [2.05, 4.69) is 4.72 Å². The van der Waals surface area contributed by atoms with Crippen LogP contribution in [0.5, 0.6) is 0 Å². The number of nitro benzene ring substituents is 1. The minimum Gasteiger partial charge on any atom is -0.258 e. The number of nitro groups is 1. The van der Waals surface area contributed by atoms with Crippen LogP contribution in [-0.4, -0.2) is 13.3 Å². The van der Waals surface area contributed by atoms with Crippen LogP contribution in [0.25, 0.3) is 0 Å². The Bertz CT molecular complexity index is 888. The number of hydrogen-bond acceptors (Lipinski definition) is 4. The summed E-state index contributed by atoms with van der Waals surface area (Å²) in [6.45, 7) is 1.48. The molecule has 0 saturated heterocycles. The van der Waals surface area contributed by atoms with E-state index in [0.29, 0.717) is 0 Å². The van der Waals surface area contributed by atoms with E-state index in [1.807, 2.05) is 0 Å². The molecule has 10 heteroatoms. The van der Waals surface area contributed by atoms with Gasteiger partial charge in [-0.15, -0.1) is 0 Å². The normalized spacial score (nSPS) is 12.8. The zero-order chi connectivity index (χ0) is 18.1. The highest BCUT2D eigenvalue weighted by molar-refractivity contribution is 7.89. The Balaban J connectivity index is 2.28. The maximum absolute atomic E-state index is 13.6. The van der Waals surface area contributed by atoms with E-state index in [9.17, 15) is 22.9 Å². The molecule has 2 aromatic carbocycles. The third kappa shape index (κ3) is 4.02. The molecule has 0 saturated carbocycles. The summed E-state index contributed by atoms with van der Waals surface area (Å²) in [5.41, 5.74) is -0.0196. The van der Waals surface area contributed by atoms with E-state index in [0.717, 1.165) is 30.3 Å². The van der Waals surface area contributed by atoms with Gasteiger partial charge in [0.05, 0.1) is 14.8 Å². The number of benzene rings is 2. The van der Waals surface area contributed by atoms with Gasteiger partial charge < -0.3 is 0 Å². The lowest BCUT2D eigenvalue weighted by atomic mass is 10.1. The first kappa shape index (κ1) is 18.6. The monoisotopic (exact) mass is 392 g/mol. The predicted octanol–water partition coefficient (Wildman–Crippen LogP) is 4.08. The fraction of sp³-hybridized carbons (Fsp3) is 0.143. The number of nitrogens with one attached hydrogen (secondary N) is 1. The fourth-order valence-corrected chi connectivity index (χ4v) is 3.75. The van der Waals surface area contributed by atoms with E-state index in [-0.39, 0.29) is 26.2 Å². The van der Waals surface area contributed by atoms with Gasteiger partial charge in [-0.25, -0.2) is 17.5 Å². The van der Waals surface area contributed by atoms with Gasteiger partial charge >= 0.3 is 0 Å². The Labute approximate surface area is 147 Å². The van der Waals surface area contributed by atoms with Gasteiger partial charge in [-0.1, -0.05) is 23.2 Å². The van der Waals surface area contributed by atoms with Crippen molar-refractivity contribution in [2.24, 2.45) is 0 Å². The first-order chi connectivity index (χ1) is 11.1. The second-order valence-corrected chi connectivity index (χ2v) is 7.41. The van der Waals surface area contributed by atoms with E-state index in [1.54, 1.807) is 0 Å². The van der Waals surface area contributed by atoms with Gasteiger partial charge in [-0.2, -0.15) is 0 Å². The molecule has 2 aromatic rings. The molecule has 0 amide bonds. The molecule has 1 atom stereocenters. The number of hydrogen-bond donors (Lipinski definition) is 1. The summed E-state index contributed by atoms with van der Waals surface area (Å²) >= 11 is 11.6. The molecule has 2 rings (SSSR count). The van der Waals surface area contributed by atoms with Crippen LogP contribution in [0.4, 0.5) is 10.1 Å². The molecular weight excluding hydrogens is 382 g/mol. The summed E-state index contributed by atoms with van der Waals surface area (Å²) in [5, 5.41) is 10.5. The highest BCUT2D eigenvalue weighted by Crippen LogP contribution is 2.29. The molecule has 0 aliphatic carbocycles. The summed E-state index contributed by atoms with van der Waals surface area (Å²) in [7, 11) is -3.98. The van der Waals surface area contributed by atoms with Crippen molar-refractivity contribution in [1.29, 1.82) is 0 Å². The number of nitrogens with zero attached hydrogens (tertiary/aromatic N) is 1. The summed E-state index contributed by atoms with van der Waals surface area (Å²) in [6, 6.07) is 5.76. The molecule has 1 N–H and O–H groups in total. The highest BCUT2D eigenvalue weighted by atomic mass is 35.5. The van der Waals surface area contributed by atoms with Crippen molar-refractivity contribution < 1.29 is 17.7 Å². The fourth-order valence-electron chi connectivity index (χ4n) is 1.98. The van der Waals surface area contributed by atoms with E-state index in [1.165, 1.54) is 13.0 Å². The molecule has 24 heavy (non-hydrogen) atoms. The Hall–Kier alpha value is -1.74. The summed E-state index contributed by atoms with van der Waals surface area (Å²) in [5.74, 6) is -0.725. The Morgan fingerprint density at radius 1 is 1.17 bits per heavy atom. The average molecular weight is 393 g/mol. The first-order valence-corrected chi connectivity index (χ1v) is 8.77. The Morgan fingerprint density at radius 2 is 1.75 bits per heavy atom. The van der Waals surface area contributed by atoms with Crippen LogP contribution in [0.1, 0.15) is 18.5 Å². The number of non-ortho nitro benzene ring substituents is 1.